The van der Waals surface area contributed by atoms with Crippen LogP contribution in [0.25, 0.3) is 11.1 Å². The molecule has 0 heterocycles. The van der Waals surface area contributed by atoms with Gasteiger partial charge >= 0.3 is 30.6 Å². The summed E-state index contributed by atoms with van der Waals surface area (Å²) in [6.45, 7) is 6.37. The molecule has 0 spiro atoms. The SMILES string of the molecule is CN([Si](=O)CC1C=C2C(=C1)c1ccccc1Cc1ccccc12)C(C)(C)C.[Cl-].[Cl-].[Ti+2]. The van der Waals surface area contributed by atoms with Gasteiger partial charge in [-0.05, 0) is 60.6 Å². The van der Waals surface area contributed by atoms with Gasteiger partial charge in [0.15, 0.2) is 0 Å². The Labute approximate surface area is 209 Å². The van der Waals surface area contributed by atoms with Crippen LogP contribution in [0.5, 0.6) is 0 Å². The van der Waals surface area contributed by atoms with Crippen molar-refractivity contribution >= 4 is 20.0 Å². The number of allylic oxidation sites excluding steroid dienone is 4. The van der Waals surface area contributed by atoms with Gasteiger partial charge in [-0.25, -0.2) is 0 Å². The number of fused-ring (bicyclic) bond motifs is 5. The fraction of sp³-hybridized carbons (Fsp3) is 0.333. The van der Waals surface area contributed by atoms with Crippen LogP contribution in [0.1, 0.15) is 43.0 Å². The van der Waals surface area contributed by atoms with E-state index in [2.05, 4.69) is 81.5 Å². The van der Waals surface area contributed by atoms with Crippen LogP contribution in [-0.2, 0) is 32.6 Å². The zero-order valence-corrected chi connectivity index (χ0v) is 21.9. The molecule has 0 radical (unpaired) electrons. The van der Waals surface area contributed by atoms with Gasteiger partial charge in [-0.1, -0.05) is 60.7 Å². The molecule has 0 fully saturated rings. The second kappa shape index (κ2) is 10.6. The van der Waals surface area contributed by atoms with Crippen LogP contribution in [-0.4, -0.2) is 26.0 Å². The van der Waals surface area contributed by atoms with Gasteiger partial charge in [0.25, 0.3) is 0 Å². The summed E-state index contributed by atoms with van der Waals surface area (Å²) in [7, 11) is 0.167. The fourth-order valence-corrected chi connectivity index (χ4v) is 5.70. The van der Waals surface area contributed by atoms with E-state index in [9.17, 15) is 4.46 Å². The molecule has 30 heavy (non-hydrogen) atoms. The van der Waals surface area contributed by atoms with Gasteiger partial charge in [-0.15, -0.1) is 0 Å². The van der Waals surface area contributed by atoms with Crippen molar-refractivity contribution in [1.29, 1.82) is 0 Å². The zero-order valence-electron chi connectivity index (χ0n) is 17.9. The zero-order chi connectivity index (χ0) is 19.2. The first-order chi connectivity index (χ1) is 12.8. The van der Waals surface area contributed by atoms with Crippen molar-refractivity contribution in [2.24, 2.45) is 5.92 Å². The van der Waals surface area contributed by atoms with Gasteiger partial charge in [-0.2, -0.15) is 0 Å². The molecule has 4 rings (SSSR count). The van der Waals surface area contributed by atoms with Gasteiger partial charge in [-0.3, -0.25) is 0 Å². The summed E-state index contributed by atoms with van der Waals surface area (Å²) in [6.07, 6.45) is 5.65. The molecule has 0 aromatic heterocycles. The second-order valence-corrected chi connectivity index (χ2v) is 10.5. The predicted octanol–water partition coefficient (Wildman–Crippen LogP) is -0.658. The Hall–Kier alpha value is -0.969. The Balaban J connectivity index is 0.00000150. The number of nitrogens with zero attached hydrogens (tertiary/aromatic N) is 1. The van der Waals surface area contributed by atoms with Crippen LogP contribution in [0.15, 0.2) is 60.7 Å². The summed E-state index contributed by atoms with van der Waals surface area (Å²) < 4.78 is 15.0. The van der Waals surface area contributed by atoms with Crippen LogP contribution in [0.4, 0.5) is 0 Å². The number of benzene rings is 2. The Morgan fingerprint density at radius 2 is 1.33 bits per heavy atom. The smallest absolute Gasteiger partial charge is 1.00 e. The van der Waals surface area contributed by atoms with Gasteiger partial charge in [0.2, 0.25) is 0 Å². The fourth-order valence-electron chi connectivity index (χ4n) is 4.04. The first-order valence-electron chi connectivity index (χ1n) is 9.72. The number of hydrogen-bond acceptors (Lipinski definition) is 1. The van der Waals surface area contributed by atoms with E-state index in [-0.39, 0.29) is 58.0 Å². The summed E-state index contributed by atoms with van der Waals surface area (Å²) in [5.41, 5.74) is 7.96. The van der Waals surface area contributed by atoms with Gasteiger partial charge in [0.05, 0.1) is 0 Å². The molecule has 156 valence electrons. The molecule has 2 aromatic carbocycles. The van der Waals surface area contributed by atoms with Crippen molar-refractivity contribution in [1.82, 2.24) is 4.57 Å². The maximum Gasteiger partial charge on any atom is 2.00 e. The average Bonchev–Trinajstić information content (AvgIpc) is 2.99. The van der Waals surface area contributed by atoms with E-state index in [1.165, 1.54) is 33.4 Å². The maximum absolute atomic E-state index is 13.0. The minimum atomic E-state index is -1.82. The Morgan fingerprint density at radius 3 is 1.77 bits per heavy atom. The van der Waals surface area contributed by atoms with Crippen molar-refractivity contribution in [3.05, 3.63) is 82.9 Å². The molecule has 2 aliphatic carbocycles. The third-order valence-corrected chi connectivity index (χ3v) is 8.08. The summed E-state index contributed by atoms with van der Waals surface area (Å²) in [4.78, 5) is 0. The summed E-state index contributed by atoms with van der Waals surface area (Å²) in [5, 5.41) is 0. The number of halogens is 2. The van der Waals surface area contributed by atoms with Crippen molar-refractivity contribution in [3.63, 3.8) is 0 Å². The van der Waals surface area contributed by atoms with E-state index < -0.39 is 8.84 Å². The van der Waals surface area contributed by atoms with E-state index >= 15 is 0 Å². The molecule has 0 saturated heterocycles. The molecule has 0 bridgehead atoms. The Kier molecular flexibility index (Phi) is 9.53. The third kappa shape index (κ3) is 5.26. The monoisotopic (exact) mass is 491 g/mol. The van der Waals surface area contributed by atoms with Gasteiger partial charge in [0, 0.05) is 24.5 Å². The van der Waals surface area contributed by atoms with E-state index in [0.717, 1.165) is 6.42 Å². The van der Waals surface area contributed by atoms with E-state index in [1.54, 1.807) is 0 Å². The number of rotatable bonds is 3. The molecule has 6 heteroatoms. The molecule has 2 aliphatic rings. The van der Waals surface area contributed by atoms with Gasteiger partial charge in [0.1, 0.15) is 0 Å². The van der Waals surface area contributed by atoms with Crippen LogP contribution in [0.2, 0.25) is 6.04 Å². The van der Waals surface area contributed by atoms with E-state index in [0.29, 0.717) is 6.04 Å². The van der Waals surface area contributed by atoms with Crippen LogP contribution < -0.4 is 24.8 Å². The summed E-state index contributed by atoms with van der Waals surface area (Å²) >= 11 is 0. The molecule has 0 N–H and O–H groups in total. The van der Waals surface area contributed by atoms with Crippen molar-refractivity contribution in [2.45, 2.75) is 38.8 Å². The van der Waals surface area contributed by atoms with Gasteiger partial charge < -0.3 is 33.8 Å². The van der Waals surface area contributed by atoms with Crippen molar-refractivity contribution in [2.75, 3.05) is 7.05 Å². The third-order valence-electron chi connectivity index (χ3n) is 5.84. The van der Waals surface area contributed by atoms with E-state index in [4.69, 9.17) is 0 Å². The molecule has 0 aliphatic heterocycles. The molecule has 0 amide bonds. The molecular formula is C24H27Cl2NOSiTi. The molecule has 2 aromatic rings. The molecular weight excluding hydrogens is 465 g/mol. The largest absolute Gasteiger partial charge is 2.00 e. The van der Waals surface area contributed by atoms with E-state index in [1.807, 2.05) is 11.6 Å². The summed E-state index contributed by atoms with van der Waals surface area (Å²) in [6, 6.07) is 18.1. The van der Waals surface area contributed by atoms with Crippen molar-refractivity contribution in [3.8, 4) is 0 Å². The van der Waals surface area contributed by atoms with Crippen molar-refractivity contribution < 1.29 is 51.0 Å². The maximum atomic E-state index is 13.0. The molecule has 0 saturated carbocycles. The van der Waals surface area contributed by atoms with Crippen LogP contribution in [0.3, 0.4) is 0 Å². The quantitative estimate of drug-likeness (QED) is 0.531. The summed E-state index contributed by atoms with van der Waals surface area (Å²) in [5.74, 6) is 0.227. The molecule has 2 nitrogen and oxygen atoms in total. The molecule has 0 atom stereocenters. The second-order valence-electron chi connectivity index (χ2n) is 8.64. The van der Waals surface area contributed by atoms with Crippen LogP contribution >= 0.6 is 0 Å². The number of hydrogen-bond donors (Lipinski definition) is 0. The Morgan fingerprint density at radius 1 is 0.900 bits per heavy atom. The Bertz CT molecular complexity index is 920. The minimum Gasteiger partial charge on any atom is -1.00 e. The minimum absolute atomic E-state index is 0. The normalized spacial score (nSPS) is 14.3. The first-order valence-corrected chi connectivity index (χ1v) is 11.3. The first kappa shape index (κ1) is 27.1. The average molecular weight is 492 g/mol. The van der Waals surface area contributed by atoms with Crippen LogP contribution in [0, 0.1) is 5.92 Å². The predicted molar refractivity (Wildman–Crippen MR) is 114 cm³/mol. The topological polar surface area (TPSA) is 20.3 Å². The molecule has 0 unspecified atom stereocenters. The standard InChI is InChI=1S/C24H27NOSi.2ClH.Ti/c1-24(2,3)25(4)27(26)16-17-13-22-20-11-7-5-9-18(20)15-19-10-6-8-12-21(19)23(22)14-17;;;/h5-14,17H,15-16H2,1-4H3;2*1H;/q;;;+2/p-2.